The maximum atomic E-state index is 6.11. The van der Waals surface area contributed by atoms with E-state index < -0.39 is 0 Å². The number of para-hydroxylation sites is 1. The third-order valence-electron chi connectivity index (χ3n) is 9.14. The average molecular weight is 714 g/mol. The molecule has 0 amide bonds. The Balaban J connectivity index is 0.000000142. The van der Waals surface area contributed by atoms with Gasteiger partial charge in [-0.15, -0.1) is 0 Å². The summed E-state index contributed by atoms with van der Waals surface area (Å²) in [4.78, 5) is 17.0. The minimum absolute atomic E-state index is 0.797. The molecule has 0 spiro atoms. The summed E-state index contributed by atoms with van der Waals surface area (Å²) in [6.07, 6.45) is 19.2. The molecule has 8 heteroatoms. The molecule has 0 fully saturated rings. The molecule has 0 aliphatic carbocycles. The third kappa shape index (κ3) is 5.69. The zero-order valence-corrected chi connectivity index (χ0v) is 28.4. The summed E-state index contributed by atoms with van der Waals surface area (Å²) in [6, 6.07) is 31.5. The Hall–Kier alpha value is -6.12. The summed E-state index contributed by atoms with van der Waals surface area (Å²) >= 11 is 3.57. The van der Waals surface area contributed by atoms with E-state index >= 15 is 0 Å². The minimum atomic E-state index is 0.797. The van der Waals surface area contributed by atoms with Crippen molar-refractivity contribution in [2.45, 2.75) is 13.1 Å². The second-order valence-electron chi connectivity index (χ2n) is 12.3. The molecule has 7 aromatic heterocycles. The second kappa shape index (κ2) is 12.7. The fourth-order valence-corrected chi connectivity index (χ4v) is 7.10. The molecule has 0 radical (unpaired) electrons. The molecule has 0 bridgehead atoms. The first-order chi connectivity index (χ1) is 24.7. The SMILES string of the molecule is Brc1cncc2ccc(Cn3ccc4cnccc43)cc12.c1ccc2oc(-c3cncc4ccc(Cn5ccc6cnccc65)cc34)cc2c1. The van der Waals surface area contributed by atoms with Crippen LogP contribution in [0.2, 0.25) is 0 Å². The molecule has 7 heterocycles. The van der Waals surface area contributed by atoms with Gasteiger partial charge in [0.1, 0.15) is 11.3 Å². The fourth-order valence-electron chi connectivity index (χ4n) is 6.64. The normalized spacial score (nSPS) is 11.5. The first-order valence-corrected chi connectivity index (χ1v) is 17.1. The van der Waals surface area contributed by atoms with Gasteiger partial charge in [0, 0.05) is 112 Å². The van der Waals surface area contributed by atoms with E-state index in [4.69, 9.17) is 4.42 Å². The van der Waals surface area contributed by atoms with E-state index in [2.05, 4.69) is 130 Å². The molecule has 10 rings (SSSR count). The maximum absolute atomic E-state index is 6.11. The van der Waals surface area contributed by atoms with Crippen molar-refractivity contribution >= 4 is 70.2 Å². The number of furan rings is 1. The topological polar surface area (TPSA) is 74.6 Å². The van der Waals surface area contributed by atoms with Crippen molar-refractivity contribution < 1.29 is 4.42 Å². The molecule has 0 aliphatic heterocycles. The van der Waals surface area contributed by atoms with Crippen LogP contribution in [-0.2, 0) is 13.1 Å². The average Bonchev–Trinajstić information content (AvgIpc) is 3.89. The van der Waals surface area contributed by atoms with Gasteiger partial charge in [-0.3, -0.25) is 19.9 Å². The number of pyridine rings is 4. The molecule has 0 aliphatic rings. The standard InChI is InChI=1S/C25H17N3O.C17H12BrN3/c1-2-4-24-18(3-1)12-25(29-24)22-15-27-13-19-6-5-17(11-21(19)22)16-28-10-8-20-14-26-9-7-23(20)28;18-16-10-20-8-13-2-1-12(7-15(13)16)11-21-6-4-14-9-19-5-3-17(14)21/h1-15H,16H2;1-10H,11H2. The van der Waals surface area contributed by atoms with E-state index in [1.165, 1.54) is 32.9 Å². The quantitative estimate of drug-likeness (QED) is 0.178. The van der Waals surface area contributed by atoms with Crippen molar-refractivity contribution in [3.8, 4) is 11.3 Å². The number of rotatable bonds is 5. The van der Waals surface area contributed by atoms with Gasteiger partial charge in [-0.2, -0.15) is 0 Å². The second-order valence-corrected chi connectivity index (χ2v) is 13.2. The highest BCUT2D eigenvalue weighted by Crippen LogP contribution is 2.33. The summed E-state index contributed by atoms with van der Waals surface area (Å²) in [5, 5.41) is 8.02. The summed E-state index contributed by atoms with van der Waals surface area (Å²) < 4.78 is 11.6. The lowest BCUT2D eigenvalue weighted by atomic mass is 10.0. The fraction of sp³-hybridized carbons (Fsp3) is 0.0476. The van der Waals surface area contributed by atoms with Crippen LogP contribution in [0.15, 0.2) is 162 Å². The van der Waals surface area contributed by atoms with Crippen LogP contribution < -0.4 is 0 Å². The van der Waals surface area contributed by atoms with Crippen molar-refractivity contribution in [1.29, 1.82) is 0 Å². The van der Waals surface area contributed by atoms with Crippen LogP contribution in [0.4, 0.5) is 0 Å². The molecule has 3 aromatic carbocycles. The van der Waals surface area contributed by atoms with Gasteiger partial charge in [-0.1, -0.05) is 42.5 Å². The van der Waals surface area contributed by atoms with E-state index in [-0.39, 0.29) is 0 Å². The Labute approximate surface area is 295 Å². The zero-order valence-electron chi connectivity index (χ0n) is 26.8. The lowest BCUT2D eigenvalue weighted by Gasteiger charge is -2.09. The highest BCUT2D eigenvalue weighted by atomic mass is 79.9. The van der Waals surface area contributed by atoms with Gasteiger partial charge in [-0.05, 0) is 86.4 Å². The lowest BCUT2D eigenvalue weighted by molar-refractivity contribution is 0.632. The van der Waals surface area contributed by atoms with Crippen molar-refractivity contribution in [1.82, 2.24) is 29.1 Å². The zero-order chi connectivity index (χ0) is 33.4. The van der Waals surface area contributed by atoms with E-state index in [1.807, 2.05) is 67.8 Å². The molecule has 0 N–H and O–H groups in total. The van der Waals surface area contributed by atoms with Gasteiger partial charge >= 0.3 is 0 Å². The predicted octanol–water partition coefficient (Wildman–Crippen LogP) is 10.4. The molecule has 10 aromatic rings. The maximum Gasteiger partial charge on any atom is 0.137 e. The molecule has 0 unspecified atom stereocenters. The van der Waals surface area contributed by atoms with Gasteiger partial charge in [0.2, 0.25) is 0 Å². The summed E-state index contributed by atoms with van der Waals surface area (Å²) in [7, 11) is 0. The highest BCUT2D eigenvalue weighted by molar-refractivity contribution is 9.10. The number of hydrogen-bond acceptors (Lipinski definition) is 5. The Morgan fingerprint density at radius 1 is 0.520 bits per heavy atom. The highest BCUT2D eigenvalue weighted by Gasteiger charge is 2.12. The third-order valence-corrected chi connectivity index (χ3v) is 9.77. The molecular formula is C42H29BrN6O. The van der Waals surface area contributed by atoms with Crippen molar-refractivity contribution in [3.63, 3.8) is 0 Å². The van der Waals surface area contributed by atoms with Gasteiger partial charge in [0.25, 0.3) is 0 Å². The minimum Gasteiger partial charge on any atom is -0.456 e. The van der Waals surface area contributed by atoms with E-state index in [0.717, 1.165) is 61.4 Å². The summed E-state index contributed by atoms with van der Waals surface area (Å²) in [5.41, 5.74) is 6.80. The molecule has 7 nitrogen and oxygen atoms in total. The number of halogens is 1. The van der Waals surface area contributed by atoms with Gasteiger partial charge < -0.3 is 13.6 Å². The van der Waals surface area contributed by atoms with Crippen LogP contribution in [0.5, 0.6) is 0 Å². The lowest BCUT2D eigenvalue weighted by Crippen LogP contribution is -1.98. The van der Waals surface area contributed by atoms with Crippen LogP contribution >= 0.6 is 15.9 Å². The van der Waals surface area contributed by atoms with Crippen molar-refractivity contribution in [2.24, 2.45) is 0 Å². The van der Waals surface area contributed by atoms with E-state index in [0.29, 0.717) is 0 Å². The smallest absolute Gasteiger partial charge is 0.137 e. The number of fused-ring (bicyclic) bond motifs is 5. The predicted molar refractivity (Wildman–Crippen MR) is 204 cm³/mol. The molecule has 50 heavy (non-hydrogen) atoms. The Kier molecular flexibility index (Phi) is 7.63. The Bertz CT molecular complexity index is 2780. The molecule has 240 valence electrons. The van der Waals surface area contributed by atoms with Gasteiger partial charge in [0.15, 0.2) is 0 Å². The van der Waals surface area contributed by atoms with Crippen molar-refractivity contribution in [3.05, 3.63) is 169 Å². The first-order valence-electron chi connectivity index (χ1n) is 16.3. The Morgan fingerprint density at radius 3 is 1.80 bits per heavy atom. The van der Waals surface area contributed by atoms with Crippen LogP contribution in [0.3, 0.4) is 0 Å². The number of nitrogens with zero attached hydrogens (tertiary/aromatic N) is 6. The first kappa shape index (κ1) is 30.0. The van der Waals surface area contributed by atoms with Gasteiger partial charge in [-0.25, -0.2) is 0 Å². The molecular weight excluding hydrogens is 684 g/mol. The van der Waals surface area contributed by atoms with Crippen molar-refractivity contribution in [2.75, 3.05) is 0 Å². The van der Waals surface area contributed by atoms with E-state index in [9.17, 15) is 0 Å². The number of hydrogen-bond donors (Lipinski definition) is 0. The largest absolute Gasteiger partial charge is 0.456 e. The molecule has 0 atom stereocenters. The number of aromatic nitrogens is 6. The summed E-state index contributed by atoms with van der Waals surface area (Å²) in [6.45, 7) is 1.64. The summed E-state index contributed by atoms with van der Waals surface area (Å²) in [5.74, 6) is 0.846. The monoisotopic (exact) mass is 712 g/mol. The van der Waals surface area contributed by atoms with Crippen LogP contribution in [0, 0.1) is 0 Å². The van der Waals surface area contributed by atoms with Crippen LogP contribution in [-0.4, -0.2) is 29.1 Å². The number of benzene rings is 3. The Morgan fingerprint density at radius 2 is 1.12 bits per heavy atom. The molecule has 0 saturated carbocycles. The van der Waals surface area contributed by atoms with Crippen LogP contribution in [0.25, 0.3) is 65.6 Å². The van der Waals surface area contributed by atoms with E-state index in [1.54, 1.807) is 0 Å². The van der Waals surface area contributed by atoms with Crippen LogP contribution in [0.1, 0.15) is 11.1 Å². The molecule has 0 saturated heterocycles. The van der Waals surface area contributed by atoms with Gasteiger partial charge in [0.05, 0.1) is 11.0 Å².